The summed E-state index contributed by atoms with van der Waals surface area (Å²) in [6.07, 6.45) is 2.63. The van der Waals surface area contributed by atoms with Crippen molar-refractivity contribution >= 4 is 33.5 Å². The van der Waals surface area contributed by atoms with E-state index >= 15 is 0 Å². The van der Waals surface area contributed by atoms with Gasteiger partial charge >= 0.3 is 0 Å². The number of benzene rings is 1. The molecule has 0 aromatic heterocycles. The molecule has 0 bridgehead atoms. The highest BCUT2D eigenvalue weighted by Gasteiger charge is 2.33. The minimum atomic E-state index is 0.246. The fourth-order valence-corrected chi connectivity index (χ4v) is 2.77. The molecule has 1 heterocycles. The van der Waals surface area contributed by atoms with E-state index in [1.54, 1.807) is 0 Å². The van der Waals surface area contributed by atoms with E-state index in [4.69, 9.17) is 17.3 Å². The van der Waals surface area contributed by atoms with Crippen molar-refractivity contribution in [3.63, 3.8) is 0 Å². The average molecular weight is 329 g/mol. The molecule has 1 atom stereocenters. The molecule has 1 aromatic rings. The van der Waals surface area contributed by atoms with Crippen molar-refractivity contribution in [2.24, 2.45) is 16.6 Å². The zero-order valence-corrected chi connectivity index (χ0v) is 12.3. The van der Waals surface area contributed by atoms with Gasteiger partial charge in [-0.25, -0.2) is 0 Å². The molecule has 0 radical (unpaired) electrons. The number of hydrogen-bond donors (Lipinski definition) is 1. The number of nitrogens with two attached hydrogens (primary N) is 1. The Balaban J connectivity index is 1.83. The van der Waals surface area contributed by atoms with Gasteiger partial charge in [-0.15, -0.1) is 0 Å². The van der Waals surface area contributed by atoms with Crippen molar-refractivity contribution in [2.45, 2.75) is 18.9 Å². The van der Waals surface area contributed by atoms with Crippen molar-refractivity contribution in [1.82, 2.24) is 4.90 Å². The Hall–Kier alpha value is -0.740. The van der Waals surface area contributed by atoms with E-state index in [1.807, 2.05) is 12.1 Å². The van der Waals surface area contributed by atoms with E-state index in [2.05, 4.69) is 31.9 Å². The van der Waals surface area contributed by atoms with Crippen molar-refractivity contribution in [3.05, 3.63) is 33.3 Å². The second kappa shape index (κ2) is 4.74. The molecule has 2 N–H and O–H groups in total. The molecule has 0 saturated heterocycles. The third-order valence-electron chi connectivity index (χ3n) is 3.58. The molecule has 1 aromatic carbocycles. The fourth-order valence-electron chi connectivity index (χ4n) is 2.33. The van der Waals surface area contributed by atoms with E-state index in [1.165, 1.54) is 18.4 Å². The van der Waals surface area contributed by atoms with E-state index in [9.17, 15) is 0 Å². The molecule has 96 valence electrons. The SMILES string of the molecule is NC1=NCC(c2ccc(Br)c(Cl)c2)N1CC1CC1. The molecular weight excluding hydrogens is 314 g/mol. The van der Waals surface area contributed by atoms with Crippen LogP contribution < -0.4 is 5.73 Å². The van der Waals surface area contributed by atoms with Gasteiger partial charge < -0.3 is 10.6 Å². The molecule has 5 heteroatoms. The van der Waals surface area contributed by atoms with Crippen LogP contribution in [0.1, 0.15) is 24.4 Å². The van der Waals surface area contributed by atoms with Crippen LogP contribution in [0.5, 0.6) is 0 Å². The lowest BCUT2D eigenvalue weighted by Crippen LogP contribution is -2.37. The highest BCUT2D eigenvalue weighted by atomic mass is 79.9. The molecule has 1 unspecified atom stereocenters. The first-order chi connectivity index (χ1) is 8.65. The predicted molar refractivity (Wildman–Crippen MR) is 77.8 cm³/mol. The minimum absolute atomic E-state index is 0.246. The topological polar surface area (TPSA) is 41.6 Å². The number of halogens is 2. The number of aliphatic imine (C=N–C) groups is 1. The lowest BCUT2D eigenvalue weighted by molar-refractivity contribution is 0.334. The summed E-state index contributed by atoms with van der Waals surface area (Å²) in [6.45, 7) is 1.75. The van der Waals surface area contributed by atoms with Crippen LogP contribution in [0, 0.1) is 5.92 Å². The zero-order chi connectivity index (χ0) is 12.7. The molecule has 1 fully saturated rings. The normalized spacial score (nSPS) is 23.3. The van der Waals surface area contributed by atoms with Crippen LogP contribution in [0.3, 0.4) is 0 Å². The fraction of sp³-hybridized carbons (Fsp3) is 0.462. The first-order valence-corrected chi connectivity index (χ1v) is 7.34. The standard InChI is InChI=1S/C13H15BrClN3/c14-10-4-3-9(5-11(10)15)12-6-17-13(16)18(12)7-8-1-2-8/h3-5,8,12H,1-2,6-7H2,(H2,16,17). The molecule has 0 spiro atoms. The van der Waals surface area contributed by atoms with Gasteiger partial charge in [-0.3, -0.25) is 4.99 Å². The van der Waals surface area contributed by atoms with Crippen LogP contribution in [0.25, 0.3) is 0 Å². The van der Waals surface area contributed by atoms with Gasteiger partial charge in [0.25, 0.3) is 0 Å². The van der Waals surface area contributed by atoms with Gasteiger partial charge in [-0.1, -0.05) is 17.7 Å². The maximum Gasteiger partial charge on any atom is 0.191 e. The summed E-state index contributed by atoms with van der Waals surface area (Å²) in [5, 5.41) is 0.740. The Morgan fingerprint density at radius 3 is 2.89 bits per heavy atom. The van der Waals surface area contributed by atoms with Crippen LogP contribution in [0.15, 0.2) is 27.7 Å². The smallest absolute Gasteiger partial charge is 0.191 e. The van der Waals surface area contributed by atoms with E-state index in [-0.39, 0.29) is 6.04 Å². The highest BCUT2D eigenvalue weighted by molar-refractivity contribution is 9.10. The van der Waals surface area contributed by atoms with Gasteiger partial charge in [0, 0.05) is 11.0 Å². The van der Waals surface area contributed by atoms with E-state index in [0.29, 0.717) is 5.96 Å². The van der Waals surface area contributed by atoms with Gasteiger partial charge in [-0.05, 0) is 52.4 Å². The van der Waals surface area contributed by atoms with Crippen LogP contribution in [-0.2, 0) is 0 Å². The molecule has 18 heavy (non-hydrogen) atoms. The summed E-state index contributed by atoms with van der Waals surface area (Å²) in [5.74, 6) is 1.47. The highest BCUT2D eigenvalue weighted by Crippen LogP contribution is 2.35. The van der Waals surface area contributed by atoms with Crippen molar-refractivity contribution in [2.75, 3.05) is 13.1 Å². The second-order valence-corrected chi connectivity index (χ2v) is 6.25. The van der Waals surface area contributed by atoms with Gasteiger partial charge in [0.1, 0.15) is 0 Å². The summed E-state index contributed by atoms with van der Waals surface area (Å²) >= 11 is 9.58. The molecule has 1 aliphatic heterocycles. The van der Waals surface area contributed by atoms with Crippen molar-refractivity contribution < 1.29 is 0 Å². The number of rotatable bonds is 3. The summed E-state index contributed by atoms with van der Waals surface area (Å²) in [5.41, 5.74) is 7.17. The van der Waals surface area contributed by atoms with Crippen LogP contribution in [0.4, 0.5) is 0 Å². The molecule has 3 rings (SSSR count). The van der Waals surface area contributed by atoms with Crippen LogP contribution in [0.2, 0.25) is 5.02 Å². The molecule has 1 saturated carbocycles. The lowest BCUT2D eigenvalue weighted by Gasteiger charge is -2.26. The maximum absolute atomic E-state index is 6.16. The number of guanidine groups is 1. The van der Waals surface area contributed by atoms with E-state index in [0.717, 1.165) is 28.5 Å². The number of hydrogen-bond acceptors (Lipinski definition) is 3. The van der Waals surface area contributed by atoms with Gasteiger partial charge in [0.05, 0.1) is 17.6 Å². The first-order valence-electron chi connectivity index (χ1n) is 6.16. The van der Waals surface area contributed by atoms with Crippen LogP contribution in [-0.4, -0.2) is 23.9 Å². The van der Waals surface area contributed by atoms with Crippen molar-refractivity contribution in [1.29, 1.82) is 0 Å². The summed E-state index contributed by atoms with van der Waals surface area (Å²) in [6, 6.07) is 6.33. The Labute approximate surface area is 120 Å². The monoisotopic (exact) mass is 327 g/mol. The molecule has 3 nitrogen and oxygen atoms in total. The van der Waals surface area contributed by atoms with Crippen molar-refractivity contribution in [3.8, 4) is 0 Å². The van der Waals surface area contributed by atoms with Gasteiger partial charge in [0.2, 0.25) is 0 Å². The molecule has 0 amide bonds. The minimum Gasteiger partial charge on any atom is -0.370 e. The second-order valence-electron chi connectivity index (χ2n) is 4.98. The summed E-state index contributed by atoms with van der Waals surface area (Å²) in [4.78, 5) is 6.59. The Morgan fingerprint density at radius 1 is 1.44 bits per heavy atom. The Kier molecular flexibility index (Phi) is 3.24. The van der Waals surface area contributed by atoms with E-state index < -0.39 is 0 Å². The predicted octanol–water partition coefficient (Wildman–Crippen LogP) is 3.18. The Morgan fingerprint density at radius 2 is 2.22 bits per heavy atom. The van der Waals surface area contributed by atoms with Gasteiger partial charge in [-0.2, -0.15) is 0 Å². The quantitative estimate of drug-likeness (QED) is 0.926. The number of nitrogens with zero attached hydrogens (tertiary/aromatic N) is 2. The summed E-state index contributed by atoms with van der Waals surface area (Å²) < 4.78 is 0.925. The van der Waals surface area contributed by atoms with Gasteiger partial charge in [0.15, 0.2) is 5.96 Å². The summed E-state index contributed by atoms with van der Waals surface area (Å²) in [7, 11) is 0. The molecule has 2 aliphatic rings. The van der Waals surface area contributed by atoms with Crippen LogP contribution >= 0.6 is 27.5 Å². The molecular formula is C13H15BrClN3. The lowest BCUT2D eigenvalue weighted by atomic mass is 10.1. The third kappa shape index (κ3) is 2.36. The zero-order valence-electron chi connectivity index (χ0n) is 9.94. The largest absolute Gasteiger partial charge is 0.370 e. The maximum atomic E-state index is 6.16. The average Bonchev–Trinajstić information content (AvgIpc) is 3.09. The first kappa shape index (κ1) is 12.3. The molecule has 1 aliphatic carbocycles. The third-order valence-corrected chi connectivity index (χ3v) is 4.81. The Bertz CT molecular complexity index is 499.